The molecule has 1 aromatic heterocycles. The van der Waals surface area contributed by atoms with Crippen molar-refractivity contribution in [2.24, 2.45) is 5.92 Å². The van der Waals surface area contributed by atoms with Gasteiger partial charge in [-0.05, 0) is 18.1 Å². The number of amides is 1. The van der Waals surface area contributed by atoms with Gasteiger partial charge in [0.2, 0.25) is 0 Å². The van der Waals surface area contributed by atoms with Gasteiger partial charge in [-0.2, -0.15) is 0 Å². The zero-order valence-electron chi connectivity index (χ0n) is 13.2. The summed E-state index contributed by atoms with van der Waals surface area (Å²) in [5.74, 6) is -1.07. The van der Waals surface area contributed by atoms with E-state index in [1.807, 2.05) is 13.8 Å². The van der Waals surface area contributed by atoms with E-state index < -0.39 is 11.7 Å². The van der Waals surface area contributed by atoms with Crippen molar-refractivity contribution < 1.29 is 18.7 Å². The summed E-state index contributed by atoms with van der Waals surface area (Å²) in [5, 5.41) is 2.65. The summed E-state index contributed by atoms with van der Waals surface area (Å²) in [5.41, 5.74) is 1.10. The third-order valence-electron chi connectivity index (χ3n) is 3.18. The van der Waals surface area contributed by atoms with Gasteiger partial charge in [-0.3, -0.25) is 14.2 Å². The number of esters is 1. The average molecular weight is 320 g/mol. The second kappa shape index (κ2) is 7.62. The van der Waals surface area contributed by atoms with Crippen molar-refractivity contribution in [3.05, 3.63) is 34.8 Å². The minimum atomic E-state index is -0.540. The lowest BCUT2D eigenvalue weighted by Gasteiger charge is -2.08. The predicted molar refractivity (Wildman–Crippen MR) is 83.9 cm³/mol. The van der Waals surface area contributed by atoms with Gasteiger partial charge in [0.15, 0.2) is 12.2 Å². The Balaban J connectivity index is 1.83. The van der Waals surface area contributed by atoms with E-state index in [1.165, 1.54) is 4.57 Å². The summed E-state index contributed by atoms with van der Waals surface area (Å²) in [4.78, 5) is 34.9. The highest BCUT2D eigenvalue weighted by Gasteiger charge is 2.12. The van der Waals surface area contributed by atoms with Gasteiger partial charge < -0.3 is 14.5 Å². The van der Waals surface area contributed by atoms with Crippen LogP contribution in [0.15, 0.2) is 33.5 Å². The van der Waals surface area contributed by atoms with Crippen molar-refractivity contribution in [2.45, 2.75) is 26.8 Å². The molecule has 0 radical (unpaired) electrons. The lowest BCUT2D eigenvalue weighted by atomic mass is 10.2. The number of aromatic nitrogens is 1. The number of aryl methyl sites for hydroxylation is 1. The molecule has 0 saturated carbocycles. The molecule has 0 aliphatic rings. The molecule has 0 fully saturated rings. The van der Waals surface area contributed by atoms with Crippen molar-refractivity contribution in [1.29, 1.82) is 0 Å². The van der Waals surface area contributed by atoms with Crippen molar-refractivity contribution >= 4 is 23.0 Å². The zero-order chi connectivity index (χ0) is 16.8. The standard InChI is InChI=1S/C16H20N2O5/c1-11(2)9-17-14(19)10-22-15(20)7-8-18-12-5-3-4-6-13(12)23-16(18)21/h3-6,11H,7-10H2,1-2H3,(H,17,19). The van der Waals surface area contributed by atoms with Crippen LogP contribution in [0.25, 0.3) is 11.1 Å². The first kappa shape index (κ1) is 16.8. The molecular formula is C16H20N2O5. The highest BCUT2D eigenvalue weighted by atomic mass is 16.5. The van der Waals surface area contributed by atoms with Crippen LogP contribution in [0.2, 0.25) is 0 Å². The molecule has 124 valence electrons. The molecule has 0 aliphatic carbocycles. The minimum absolute atomic E-state index is 0.0130. The monoisotopic (exact) mass is 320 g/mol. The van der Waals surface area contributed by atoms with Gasteiger partial charge in [-0.15, -0.1) is 0 Å². The Hall–Kier alpha value is -2.57. The Morgan fingerprint density at radius 1 is 1.30 bits per heavy atom. The molecule has 2 rings (SSSR count). The number of fused-ring (bicyclic) bond motifs is 1. The maximum Gasteiger partial charge on any atom is 0.419 e. The lowest BCUT2D eigenvalue weighted by Crippen LogP contribution is -2.31. The summed E-state index contributed by atoms with van der Waals surface area (Å²) in [6.07, 6.45) is -0.0130. The van der Waals surface area contributed by atoms with Crippen molar-refractivity contribution in [3.8, 4) is 0 Å². The highest BCUT2D eigenvalue weighted by Crippen LogP contribution is 2.12. The number of ether oxygens (including phenoxy) is 1. The Morgan fingerprint density at radius 2 is 2.04 bits per heavy atom. The highest BCUT2D eigenvalue weighted by molar-refractivity contribution is 5.80. The van der Waals surface area contributed by atoms with Crippen LogP contribution in [-0.2, 0) is 20.9 Å². The van der Waals surface area contributed by atoms with Gasteiger partial charge in [0.25, 0.3) is 5.91 Å². The first-order valence-corrected chi connectivity index (χ1v) is 7.48. The van der Waals surface area contributed by atoms with Crippen LogP contribution < -0.4 is 11.1 Å². The molecule has 0 unspecified atom stereocenters. The van der Waals surface area contributed by atoms with Gasteiger partial charge in [0.1, 0.15) is 0 Å². The van der Waals surface area contributed by atoms with E-state index in [9.17, 15) is 14.4 Å². The normalized spacial score (nSPS) is 10.9. The number of oxazole rings is 1. The second-order valence-corrected chi connectivity index (χ2v) is 5.60. The Bertz CT molecular complexity index is 744. The molecule has 2 aromatic rings. The summed E-state index contributed by atoms with van der Waals surface area (Å²) < 4.78 is 11.3. The maximum atomic E-state index is 11.7. The molecule has 0 atom stereocenters. The van der Waals surface area contributed by atoms with Gasteiger partial charge in [-0.25, -0.2) is 4.79 Å². The van der Waals surface area contributed by atoms with Crippen LogP contribution in [0, 0.1) is 5.92 Å². The van der Waals surface area contributed by atoms with E-state index in [1.54, 1.807) is 24.3 Å². The first-order chi connectivity index (χ1) is 11.0. The third-order valence-corrected chi connectivity index (χ3v) is 3.18. The largest absolute Gasteiger partial charge is 0.456 e. The van der Waals surface area contributed by atoms with E-state index in [4.69, 9.17) is 9.15 Å². The fourth-order valence-electron chi connectivity index (χ4n) is 2.02. The number of nitrogens with zero attached hydrogens (tertiary/aromatic N) is 1. The topological polar surface area (TPSA) is 90.5 Å². The second-order valence-electron chi connectivity index (χ2n) is 5.60. The summed E-state index contributed by atoms with van der Waals surface area (Å²) in [6, 6.07) is 6.97. The number of carbonyl (C=O) groups excluding carboxylic acids is 2. The molecule has 0 aliphatic heterocycles. The number of para-hydroxylation sites is 2. The number of hydrogen-bond acceptors (Lipinski definition) is 5. The number of benzene rings is 1. The molecular weight excluding hydrogens is 300 g/mol. The smallest absolute Gasteiger partial charge is 0.419 e. The summed E-state index contributed by atoms with van der Waals surface area (Å²) >= 11 is 0. The first-order valence-electron chi connectivity index (χ1n) is 7.48. The van der Waals surface area contributed by atoms with Gasteiger partial charge in [0, 0.05) is 13.1 Å². The van der Waals surface area contributed by atoms with Gasteiger partial charge >= 0.3 is 11.7 Å². The minimum Gasteiger partial charge on any atom is -0.456 e. The molecule has 0 spiro atoms. The van der Waals surface area contributed by atoms with E-state index in [-0.39, 0.29) is 25.5 Å². The van der Waals surface area contributed by atoms with E-state index in [2.05, 4.69) is 5.32 Å². The average Bonchev–Trinajstić information content (AvgIpc) is 2.84. The van der Waals surface area contributed by atoms with Crippen molar-refractivity contribution in [1.82, 2.24) is 9.88 Å². The van der Waals surface area contributed by atoms with Crippen LogP contribution in [0.1, 0.15) is 20.3 Å². The van der Waals surface area contributed by atoms with Gasteiger partial charge in [0.05, 0.1) is 11.9 Å². The molecule has 7 heteroatoms. The molecule has 23 heavy (non-hydrogen) atoms. The third kappa shape index (κ3) is 4.70. The number of hydrogen-bond donors (Lipinski definition) is 1. The van der Waals surface area contributed by atoms with E-state index in [0.29, 0.717) is 23.6 Å². The Morgan fingerprint density at radius 3 is 2.78 bits per heavy atom. The molecule has 1 amide bonds. The summed E-state index contributed by atoms with van der Waals surface area (Å²) in [6.45, 7) is 4.31. The summed E-state index contributed by atoms with van der Waals surface area (Å²) in [7, 11) is 0. The van der Waals surface area contributed by atoms with Crippen molar-refractivity contribution in [2.75, 3.05) is 13.2 Å². The predicted octanol–water partition coefficient (Wildman–Crippen LogP) is 1.30. The SMILES string of the molecule is CC(C)CNC(=O)COC(=O)CCn1c(=O)oc2ccccc21. The molecule has 1 aromatic carbocycles. The van der Waals surface area contributed by atoms with Crippen molar-refractivity contribution in [3.63, 3.8) is 0 Å². The maximum absolute atomic E-state index is 11.7. The van der Waals surface area contributed by atoms with Crippen LogP contribution in [0.3, 0.4) is 0 Å². The van der Waals surface area contributed by atoms with Crippen LogP contribution in [-0.4, -0.2) is 29.6 Å². The lowest BCUT2D eigenvalue weighted by molar-refractivity contribution is -0.148. The molecule has 0 bridgehead atoms. The fourth-order valence-corrected chi connectivity index (χ4v) is 2.02. The number of carbonyl (C=O) groups is 2. The number of rotatable bonds is 7. The zero-order valence-corrected chi connectivity index (χ0v) is 13.2. The molecule has 7 nitrogen and oxygen atoms in total. The van der Waals surface area contributed by atoms with Crippen LogP contribution >= 0.6 is 0 Å². The molecule has 1 heterocycles. The van der Waals surface area contributed by atoms with Crippen LogP contribution in [0.4, 0.5) is 0 Å². The van der Waals surface area contributed by atoms with Crippen LogP contribution in [0.5, 0.6) is 0 Å². The van der Waals surface area contributed by atoms with E-state index in [0.717, 1.165) is 0 Å². The molecule has 0 saturated heterocycles. The Labute approximate surface area is 133 Å². The van der Waals surface area contributed by atoms with E-state index >= 15 is 0 Å². The fraction of sp³-hybridized carbons (Fsp3) is 0.438. The van der Waals surface area contributed by atoms with Gasteiger partial charge in [-0.1, -0.05) is 26.0 Å². The number of nitrogens with one attached hydrogen (secondary N) is 1. The quantitative estimate of drug-likeness (QED) is 0.777. The molecule has 1 N–H and O–H groups in total. The Kier molecular flexibility index (Phi) is 5.56.